The summed E-state index contributed by atoms with van der Waals surface area (Å²) in [4.78, 5) is 7.06. The van der Waals surface area contributed by atoms with Gasteiger partial charge in [-0.25, -0.2) is 0 Å². The van der Waals surface area contributed by atoms with Gasteiger partial charge in [0.2, 0.25) is 5.89 Å². The Morgan fingerprint density at radius 2 is 2.05 bits per heavy atom. The lowest BCUT2D eigenvalue weighted by Crippen LogP contribution is -2.31. The van der Waals surface area contributed by atoms with E-state index in [1.807, 2.05) is 0 Å². The van der Waals surface area contributed by atoms with E-state index in [9.17, 15) is 0 Å². The van der Waals surface area contributed by atoms with E-state index >= 15 is 0 Å². The lowest BCUT2D eigenvalue weighted by molar-refractivity contribution is 0.153. The van der Waals surface area contributed by atoms with Crippen molar-refractivity contribution in [2.75, 3.05) is 19.8 Å². The van der Waals surface area contributed by atoms with Crippen LogP contribution in [0.3, 0.4) is 0 Å². The van der Waals surface area contributed by atoms with Crippen LogP contribution in [0.5, 0.6) is 0 Å². The second kappa shape index (κ2) is 4.87. The summed E-state index contributed by atoms with van der Waals surface area (Å²) in [6.07, 6.45) is 6.28. The van der Waals surface area contributed by atoms with Gasteiger partial charge in [0.1, 0.15) is 0 Å². The first-order chi connectivity index (χ1) is 9.38. The van der Waals surface area contributed by atoms with Crippen LogP contribution in [0.15, 0.2) is 4.52 Å². The molecule has 2 saturated carbocycles. The maximum absolute atomic E-state index is 5.47. The summed E-state index contributed by atoms with van der Waals surface area (Å²) in [5, 5.41) is 4.11. The zero-order valence-corrected chi connectivity index (χ0v) is 11.3. The molecule has 1 aromatic rings. The predicted octanol–water partition coefficient (Wildman–Crippen LogP) is 1.95. The highest BCUT2D eigenvalue weighted by Gasteiger charge is 2.34. The number of aromatic nitrogens is 2. The fraction of sp³-hybridized carbons (Fsp3) is 0.857. The fourth-order valence-corrected chi connectivity index (χ4v) is 2.85. The molecule has 5 heteroatoms. The molecule has 0 spiro atoms. The quantitative estimate of drug-likeness (QED) is 0.785. The Balaban J connectivity index is 1.38. The largest absolute Gasteiger partial charge is 0.381 e. The molecule has 0 bridgehead atoms. The molecule has 104 valence electrons. The minimum absolute atomic E-state index is 0.579. The Kier molecular flexibility index (Phi) is 3.04. The van der Waals surface area contributed by atoms with Gasteiger partial charge in [0.25, 0.3) is 0 Å². The lowest BCUT2D eigenvalue weighted by atomic mass is 10.1. The van der Waals surface area contributed by atoms with Gasteiger partial charge in [-0.2, -0.15) is 4.98 Å². The Bertz CT molecular complexity index is 434. The summed E-state index contributed by atoms with van der Waals surface area (Å²) in [5.41, 5.74) is 0. The zero-order valence-electron chi connectivity index (χ0n) is 11.3. The van der Waals surface area contributed by atoms with Gasteiger partial charge in [0.15, 0.2) is 5.82 Å². The first-order valence-corrected chi connectivity index (χ1v) is 7.53. The van der Waals surface area contributed by atoms with E-state index in [0.29, 0.717) is 11.8 Å². The number of nitrogens with zero attached hydrogens (tertiary/aromatic N) is 3. The van der Waals surface area contributed by atoms with E-state index < -0.39 is 0 Å². The molecule has 1 aromatic heterocycles. The predicted molar refractivity (Wildman–Crippen MR) is 68.6 cm³/mol. The Labute approximate surface area is 113 Å². The van der Waals surface area contributed by atoms with E-state index in [4.69, 9.17) is 9.26 Å². The molecule has 0 N–H and O–H groups in total. The van der Waals surface area contributed by atoms with Crippen LogP contribution < -0.4 is 0 Å². The second-order valence-corrected chi connectivity index (χ2v) is 6.21. The Morgan fingerprint density at radius 1 is 1.16 bits per heavy atom. The molecule has 0 radical (unpaired) electrons. The average Bonchev–Trinajstić information content (AvgIpc) is 3.34. The summed E-state index contributed by atoms with van der Waals surface area (Å²) >= 11 is 0. The highest BCUT2D eigenvalue weighted by atomic mass is 16.5. The summed E-state index contributed by atoms with van der Waals surface area (Å²) in [6, 6.07) is 0.733. The molecule has 0 aromatic carbocycles. The van der Waals surface area contributed by atoms with Crippen molar-refractivity contribution in [3.63, 3.8) is 0 Å². The molecule has 1 aliphatic heterocycles. The standard InChI is InChI=1S/C14H21N3O2/c1-2-11(1)14-15-13(19-16-14)8-17(12-3-4-12)7-10-5-6-18-9-10/h10-12H,1-9H2/t10-/m0/s1. The Morgan fingerprint density at radius 3 is 2.74 bits per heavy atom. The molecular formula is C14H21N3O2. The minimum atomic E-state index is 0.579. The van der Waals surface area contributed by atoms with Gasteiger partial charge in [-0.05, 0) is 38.0 Å². The Hall–Kier alpha value is -0.940. The molecule has 2 aliphatic carbocycles. The molecule has 3 aliphatic rings. The molecule has 1 atom stereocenters. The normalized spacial score (nSPS) is 27.3. The average molecular weight is 263 g/mol. The number of rotatable bonds is 6. The molecular weight excluding hydrogens is 242 g/mol. The van der Waals surface area contributed by atoms with Crippen LogP contribution in [-0.2, 0) is 11.3 Å². The maximum Gasteiger partial charge on any atom is 0.240 e. The molecule has 3 fully saturated rings. The third kappa shape index (κ3) is 2.82. The first-order valence-electron chi connectivity index (χ1n) is 7.53. The fourth-order valence-electron chi connectivity index (χ4n) is 2.85. The second-order valence-electron chi connectivity index (χ2n) is 6.21. The van der Waals surface area contributed by atoms with E-state index in [0.717, 1.165) is 44.1 Å². The van der Waals surface area contributed by atoms with Crippen molar-refractivity contribution in [2.24, 2.45) is 5.92 Å². The van der Waals surface area contributed by atoms with E-state index in [1.54, 1.807) is 0 Å². The summed E-state index contributed by atoms with van der Waals surface area (Å²) in [5.74, 6) is 2.99. The summed E-state index contributed by atoms with van der Waals surface area (Å²) in [6.45, 7) is 3.78. The van der Waals surface area contributed by atoms with Gasteiger partial charge < -0.3 is 9.26 Å². The van der Waals surface area contributed by atoms with Crippen molar-refractivity contribution < 1.29 is 9.26 Å². The summed E-state index contributed by atoms with van der Waals surface area (Å²) in [7, 11) is 0. The van der Waals surface area contributed by atoms with Gasteiger partial charge in [-0.1, -0.05) is 5.16 Å². The van der Waals surface area contributed by atoms with E-state index in [-0.39, 0.29) is 0 Å². The van der Waals surface area contributed by atoms with Crippen LogP contribution in [0.25, 0.3) is 0 Å². The highest BCUT2D eigenvalue weighted by Crippen LogP contribution is 2.38. The van der Waals surface area contributed by atoms with E-state index in [1.165, 1.54) is 32.1 Å². The molecule has 4 rings (SSSR count). The van der Waals surface area contributed by atoms with Crippen molar-refractivity contribution in [3.05, 3.63) is 11.7 Å². The number of ether oxygens (including phenoxy) is 1. The smallest absolute Gasteiger partial charge is 0.240 e. The SMILES string of the molecule is C1C[C@@H](CN(Cc2nc(C3CC3)no2)C2CC2)CO1. The number of hydrogen-bond donors (Lipinski definition) is 0. The van der Waals surface area contributed by atoms with Crippen LogP contribution in [0.4, 0.5) is 0 Å². The summed E-state index contributed by atoms with van der Waals surface area (Å²) < 4.78 is 10.9. The van der Waals surface area contributed by atoms with Crippen molar-refractivity contribution in [1.82, 2.24) is 15.0 Å². The van der Waals surface area contributed by atoms with Crippen LogP contribution in [-0.4, -0.2) is 40.8 Å². The van der Waals surface area contributed by atoms with Gasteiger partial charge in [-0.15, -0.1) is 0 Å². The minimum Gasteiger partial charge on any atom is -0.381 e. The van der Waals surface area contributed by atoms with Crippen LogP contribution in [0.2, 0.25) is 0 Å². The molecule has 2 heterocycles. The molecule has 1 saturated heterocycles. The van der Waals surface area contributed by atoms with Crippen LogP contribution in [0, 0.1) is 5.92 Å². The molecule has 5 nitrogen and oxygen atoms in total. The van der Waals surface area contributed by atoms with Gasteiger partial charge in [0, 0.05) is 25.1 Å². The van der Waals surface area contributed by atoms with Gasteiger partial charge in [0.05, 0.1) is 13.2 Å². The molecule has 0 unspecified atom stereocenters. The molecule has 19 heavy (non-hydrogen) atoms. The zero-order chi connectivity index (χ0) is 12.7. The van der Waals surface area contributed by atoms with Gasteiger partial charge in [-0.3, -0.25) is 4.90 Å². The van der Waals surface area contributed by atoms with Gasteiger partial charge >= 0.3 is 0 Å². The van der Waals surface area contributed by atoms with Crippen molar-refractivity contribution in [1.29, 1.82) is 0 Å². The highest BCUT2D eigenvalue weighted by molar-refractivity contribution is 5.03. The van der Waals surface area contributed by atoms with Crippen molar-refractivity contribution in [2.45, 2.75) is 50.6 Å². The monoisotopic (exact) mass is 263 g/mol. The first kappa shape index (κ1) is 11.9. The van der Waals surface area contributed by atoms with Crippen LogP contribution in [0.1, 0.15) is 49.7 Å². The maximum atomic E-state index is 5.47. The van der Waals surface area contributed by atoms with E-state index in [2.05, 4.69) is 15.0 Å². The third-order valence-electron chi connectivity index (χ3n) is 4.34. The number of hydrogen-bond acceptors (Lipinski definition) is 5. The third-order valence-corrected chi connectivity index (χ3v) is 4.34. The molecule has 0 amide bonds. The van der Waals surface area contributed by atoms with Crippen LogP contribution >= 0.6 is 0 Å². The van der Waals surface area contributed by atoms with Crippen molar-refractivity contribution in [3.8, 4) is 0 Å². The topological polar surface area (TPSA) is 51.4 Å². The van der Waals surface area contributed by atoms with Crippen molar-refractivity contribution >= 4 is 0 Å². The lowest BCUT2D eigenvalue weighted by Gasteiger charge is -2.22.